The highest BCUT2D eigenvalue weighted by Gasteiger charge is 2.45. The first-order valence-electron chi connectivity index (χ1n) is 22.0. The fourth-order valence-electron chi connectivity index (χ4n) is 9.98. The van der Waals surface area contributed by atoms with Crippen LogP contribution >= 0.6 is 0 Å². The van der Waals surface area contributed by atoms with Gasteiger partial charge in [-0.25, -0.2) is 18.7 Å². The predicted octanol–water partition coefficient (Wildman–Crippen LogP) is 4.72. The summed E-state index contributed by atoms with van der Waals surface area (Å²) in [6.45, 7) is 10.6. The molecule has 10 rings (SSSR count). The summed E-state index contributed by atoms with van der Waals surface area (Å²) in [5, 5.41) is 10.4. The molecular weight excluding hydrogens is 799 g/mol. The molecule has 2 atom stereocenters. The third kappa shape index (κ3) is 7.77. The molecule has 2 N–H and O–H groups in total. The number of benzene rings is 2. The van der Waals surface area contributed by atoms with Crippen LogP contribution in [0.2, 0.25) is 0 Å². The van der Waals surface area contributed by atoms with E-state index in [-0.39, 0.29) is 35.8 Å². The summed E-state index contributed by atoms with van der Waals surface area (Å²) >= 11 is 0. The van der Waals surface area contributed by atoms with Gasteiger partial charge in [-0.1, -0.05) is 0 Å². The summed E-state index contributed by atoms with van der Waals surface area (Å²) in [4.78, 5) is 69.9. The molecule has 7 heterocycles. The van der Waals surface area contributed by atoms with E-state index in [0.717, 1.165) is 80.2 Å². The number of anilines is 2. The molecule has 0 bridgehead atoms. The predicted molar refractivity (Wildman–Crippen MR) is 226 cm³/mol. The van der Waals surface area contributed by atoms with Gasteiger partial charge < -0.3 is 19.4 Å². The van der Waals surface area contributed by atoms with Crippen LogP contribution in [0.4, 0.5) is 20.3 Å². The number of piperazine rings is 1. The second kappa shape index (κ2) is 15.7. The van der Waals surface area contributed by atoms with Crippen LogP contribution in [0.1, 0.15) is 85.9 Å². The van der Waals surface area contributed by atoms with Crippen LogP contribution in [0.25, 0.3) is 22.3 Å². The van der Waals surface area contributed by atoms with Gasteiger partial charge in [-0.05, 0) is 89.0 Å². The minimum atomic E-state index is -1.25. The fourth-order valence-corrected chi connectivity index (χ4v) is 9.98. The van der Waals surface area contributed by atoms with E-state index in [2.05, 4.69) is 52.0 Å². The first-order chi connectivity index (χ1) is 29.8. The topological polar surface area (TPSA) is 160 Å². The first-order valence-corrected chi connectivity index (χ1v) is 22.0. The van der Waals surface area contributed by atoms with E-state index in [9.17, 15) is 23.6 Å². The molecule has 0 radical (unpaired) electrons. The number of nitrogens with one attached hydrogen (secondary N) is 2. The average Bonchev–Trinajstić information content (AvgIpc) is 3.77. The van der Waals surface area contributed by atoms with Crippen LogP contribution in [-0.4, -0.2) is 141 Å². The summed E-state index contributed by atoms with van der Waals surface area (Å²) < 4.78 is 37.3. The molecule has 1 saturated carbocycles. The molecule has 326 valence electrons. The molecule has 4 aromatic rings. The number of imide groups is 2. The number of likely N-dealkylation sites (tertiary alicyclic amines) is 1. The molecule has 17 heteroatoms. The zero-order chi connectivity index (χ0) is 42.9. The van der Waals surface area contributed by atoms with Crippen molar-refractivity contribution in [3.05, 3.63) is 59.7 Å². The fraction of sp³-hybridized carbons (Fsp3) is 0.533. The number of fused-ring (bicyclic) bond motifs is 2. The Hall–Kier alpha value is -5.55. The molecule has 1 aliphatic carbocycles. The van der Waals surface area contributed by atoms with Crippen molar-refractivity contribution in [2.75, 3.05) is 68.7 Å². The zero-order valence-electron chi connectivity index (χ0n) is 35.2. The Bertz CT molecular complexity index is 2440. The number of rotatable bonds is 10. The summed E-state index contributed by atoms with van der Waals surface area (Å²) in [5.74, 6) is -0.976. The number of piperidine rings is 3. The molecule has 4 amide bonds. The van der Waals surface area contributed by atoms with Gasteiger partial charge in [0.15, 0.2) is 11.6 Å². The monoisotopic (exact) mass is 850 g/mol. The summed E-state index contributed by atoms with van der Waals surface area (Å²) in [5.41, 5.74) is 1.67. The molecule has 5 fully saturated rings. The van der Waals surface area contributed by atoms with Gasteiger partial charge in [-0.2, -0.15) is 5.10 Å². The van der Waals surface area contributed by atoms with Crippen LogP contribution in [0.3, 0.4) is 0 Å². The number of alkyl halides is 1. The van der Waals surface area contributed by atoms with Gasteiger partial charge in [0.05, 0.1) is 22.3 Å². The van der Waals surface area contributed by atoms with Gasteiger partial charge in [0.1, 0.15) is 35.2 Å². The molecule has 6 aliphatic rings. The second-order valence-corrected chi connectivity index (χ2v) is 18.5. The lowest BCUT2D eigenvalue weighted by atomic mass is 9.89. The van der Waals surface area contributed by atoms with Gasteiger partial charge in [-0.3, -0.25) is 39.4 Å². The highest BCUT2D eigenvalue weighted by Crippen LogP contribution is 2.42. The molecular formula is C45H52F2N10O5. The van der Waals surface area contributed by atoms with Crippen molar-refractivity contribution in [1.29, 1.82) is 0 Å². The highest BCUT2D eigenvalue weighted by molar-refractivity contribution is 6.23. The van der Waals surface area contributed by atoms with Crippen molar-refractivity contribution in [3.8, 4) is 17.1 Å². The summed E-state index contributed by atoms with van der Waals surface area (Å²) in [6.07, 6.45) is 6.46. The largest absolute Gasteiger partial charge is 0.484 e. The Morgan fingerprint density at radius 3 is 2.39 bits per heavy atom. The Kier molecular flexibility index (Phi) is 10.2. The summed E-state index contributed by atoms with van der Waals surface area (Å²) in [6, 6.07) is 9.46. The lowest BCUT2D eigenvalue weighted by Crippen LogP contribution is -2.57. The SMILES string of the molecule is C[C@H]1CN(c2cc(-c3n[nH]c4cc(F)c(OC5(C)CC5)cc34)ncn2)CCN1CC1(F)CCN(CC2CCN(c3ccc4c(c3)C(=O)N(C3CCC(=O)NC3=O)C4=O)CC2)CC1. The third-order valence-electron chi connectivity index (χ3n) is 14.1. The molecule has 0 spiro atoms. The number of hydrogen-bond acceptors (Lipinski definition) is 12. The molecule has 4 saturated heterocycles. The zero-order valence-corrected chi connectivity index (χ0v) is 35.2. The Balaban J connectivity index is 0.694. The van der Waals surface area contributed by atoms with Crippen LogP contribution < -0.4 is 19.9 Å². The first kappa shape index (κ1) is 40.5. The molecule has 1 unspecified atom stereocenters. The minimum Gasteiger partial charge on any atom is -0.484 e. The van der Waals surface area contributed by atoms with E-state index in [1.807, 2.05) is 19.1 Å². The third-order valence-corrected chi connectivity index (χ3v) is 14.1. The molecule has 15 nitrogen and oxygen atoms in total. The molecule has 5 aliphatic heterocycles. The number of aromatic nitrogens is 4. The number of H-pyrrole nitrogens is 1. The van der Waals surface area contributed by atoms with Gasteiger partial charge in [-0.15, -0.1) is 0 Å². The maximum Gasteiger partial charge on any atom is 0.262 e. The van der Waals surface area contributed by atoms with Gasteiger partial charge in [0, 0.05) is 94.6 Å². The van der Waals surface area contributed by atoms with Gasteiger partial charge in [0.2, 0.25) is 11.8 Å². The van der Waals surface area contributed by atoms with Gasteiger partial charge in [0.25, 0.3) is 11.8 Å². The highest BCUT2D eigenvalue weighted by atomic mass is 19.1. The van der Waals surface area contributed by atoms with E-state index in [1.165, 1.54) is 12.4 Å². The Morgan fingerprint density at radius 1 is 0.871 bits per heavy atom. The smallest absolute Gasteiger partial charge is 0.262 e. The Labute approximate surface area is 358 Å². The quantitative estimate of drug-likeness (QED) is 0.212. The van der Waals surface area contributed by atoms with Crippen molar-refractivity contribution in [2.24, 2.45) is 5.92 Å². The van der Waals surface area contributed by atoms with Crippen molar-refractivity contribution in [1.82, 2.24) is 40.2 Å². The number of nitrogens with zero attached hydrogens (tertiary/aromatic N) is 8. The normalized spacial score (nSPS) is 24.5. The minimum absolute atomic E-state index is 0.0822. The number of aromatic amines is 1. The van der Waals surface area contributed by atoms with Crippen LogP contribution in [-0.2, 0) is 9.59 Å². The van der Waals surface area contributed by atoms with Crippen molar-refractivity contribution in [2.45, 2.75) is 88.6 Å². The van der Waals surface area contributed by atoms with E-state index >= 15 is 4.39 Å². The summed E-state index contributed by atoms with van der Waals surface area (Å²) in [7, 11) is 0. The number of halogens is 2. The number of ether oxygens (including phenoxy) is 1. The average molecular weight is 851 g/mol. The maximum absolute atomic E-state index is 16.5. The van der Waals surface area contributed by atoms with Gasteiger partial charge >= 0.3 is 0 Å². The standard InChI is InChI=1S/C45H52F2N10O5/c1-27-23-55(38-22-35(48-26-49-38)40-32-20-37(62-44(2)9-10-44)33(46)21-34(32)51-52-40)17-18-56(27)25-45(47)11-15-53(16-12-45)24-28-7-13-54(14-8-28)29-3-4-30-31(19-29)43(61)57(42(30)60)36-5-6-39(58)50-41(36)59/h3-4,19-22,26-28,36H,5-18,23-25H2,1-2H3,(H,51,52)(H,50,58,59)/t27-,36?/m0/s1. The molecule has 62 heavy (non-hydrogen) atoms. The lowest BCUT2D eigenvalue weighted by Gasteiger charge is -2.45. The van der Waals surface area contributed by atoms with Crippen LogP contribution in [0.5, 0.6) is 5.75 Å². The lowest BCUT2D eigenvalue weighted by molar-refractivity contribution is -0.136. The molecule has 2 aromatic carbocycles. The van der Waals surface area contributed by atoms with Crippen molar-refractivity contribution >= 4 is 46.0 Å². The number of hydrogen-bond donors (Lipinski definition) is 2. The number of carbonyl (C=O) groups is 4. The van der Waals surface area contributed by atoms with Crippen molar-refractivity contribution in [3.63, 3.8) is 0 Å². The van der Waals surface area contributed by atoms with E-state index in [0.29, 0.717) is 67.4 Å². The van der Waals surface area contributed by atoms with E-state index in [4.69, 9.17) is 4.74 Å². The molecule has 2 aromatic heterocycles. The van der Waals surface area contributed by atoms with E-state index < -0.39 is 41.2 Å². The number of amides is 4. The van der Waals surface area contributed by atoms with Crippen molar-refractivity contribution < 1.29 is 32.7 Å². The van der Waals surface area contributed by atoms with Crippen LogP contribution in [0, 0.1) is 11.7 Å². The second-order valence-electron chi connectivity index (χ2n) is 18.5. The van der Waals surface area contributed by atoms with E-state index in [1.54, 1.807) is 18.2 Å². The van der Waals surface area contributed by atoms with Crippen LogP contribution in [0.15, 0.2) is 42.7 Å². The maximum atomic E-state index is 16.5. The Morgan fingerprint density at radius 2 is 1.65 bits per heavy atom. The number of carbonyl (C=O) groups excluding carboxylic acids is 4.